The number of anilines is 1. The van der Waals surface area contributed by atoms with Crippen LogP contribution in [0.25, 0.3) is 0 Å². The summed E-state index contributed by atoms with van der Waals surface area (Å²) in [6, 6.07) is 11.2. The molecule has 1 amide bonds. The molecule has 5 rings (SSSR count). The van der Waals surface area contributed by atoms with Gasteiger partial charge in [-0.3, -0.25) is 4.79 Å². The molecule has 1 fully saturated rings. The topological polar surface area (TPSA) is 95.9 Å². The second-order valence-corrected chi connectivity index (χ2v) is 14.9. The summed E-state index contributed by atoms with van der Waals surface area (Å²) in [7, 11) is -3.94. The highest BCUT2D eigenvalue weighted by Gasteiger charge is 2.39. The van der Waals surface area contributed by atoms with Crippen LogP contribution in [0.2, 0.25) is 5.02 Å². The third-order valence-corrected chi connectivity index (χ3v) is 11.9. The largest absolute Gasteiger partial charge is 0.491 e. The fourth-order valence-electron chi connectivity index (χ4n) is 6.61. The molecule has 0 radical (unpaired) electrons. The number of amides is 1. The van der Waals surface area contributed by atoms with Gasteiger partial charge in [-0.25, -0.2) is 13.1 Å². The Labute approximate surface area is 255 Å². The summed E-state index contributed by atoms with van der Waals surface area (Å²) in [5.41, 5.74) is 3.46. The van der Waals surface area contributed by atoms with E-state index in [-0.39, 0.29) is 35.2 Å². The molecule has 0 saturated heterocycles. The third kappa shape index (κ3) is 6.36. The van der Waals surface area contributed by atoms with Gasteiger partial charge in [0.25, 0.3) is 5.91 Å². The van der Waals surface area contributed by atoms with Crippen molar-refractivity contribution in [2.75, 3.05) is 24.6 Å². The lowest BCUT2D eigenvalue weighted by molar-refractivity contribution is 0.0459. The van der Waals surface area contributed by atoms with E-state index in [9.17, 15) is 18.3 Å². The highest BCUT2D eigenvalue weighted by Crippen LogP contribution is 2.42. The van der Waals surface area contributed by atoms with E-state index in [1.807, 2.05) is 38.1 Å². The van der Waals surface area contributed by atoms with E-state index >= 15 is 0 Å². The lowest BCUT2D eigenvalue weighted by Gasteiger charge is -2.43. The van der Waals surface area contributed by atoms with Gasteiger partial charge >= 0.3 is 0 Å². The predicted molar refractivity (Wildman–Crippen MR) is 168 cm³/mol. The fraction of sp³-hybridized carbons (Fsp3) is 0.545. The smallest absolute Gasteiger partial charge is 0.264 e. The lowest BCUT2D eigenvalue weighted by atomic mass is 9.70. The van der Waals surface area contributed by atoms with Gasteiger partial charge in [-0.1, -0.05) is 57.0 Å². The molecule has 2 bridgehead atoms. The van der Waals surface area contributed by atoms with Crippen molar-refractivity contribution in [1.82, 2.24) is 4.72 Å². The first-order valence-electron chi connectivity index (χ1n) is 15.2. The highest BCUT2D eigenvalue weighted by molar-refractivity contribution is 7.90. The van der Waals surface area contributed by atoms with Crippen LogP contribution in [0.5, 0.6) is 5.75 Å². The zero-order chi connectivity index (χ0) is 30.2. The van der Waals surface area contributed by atoms with Crippen LogP contribution in [0.4, 0.5) is 5.69 Å². The second-order valence-electron chi connectivity index (χ2n) is 12.5. The Morgan fingerprint density at radius 2 is 1.86 bits per heavy atom. The summed E-state index contributed by atoms with van der Waals surface area (Å²) in [4.78, 5) is 15.6. The number of aliphatic hydroxyl groups is 1. The number of sulfonamides is 1. The molecule has 0 unspecified atom stereocenters. The van der Waals surface area contributed by atoms with E-state index in [0.717, 1.165) is 31.4 Å². The Morgan fingerprint density at radius 1 is 1.07 bits per heavy atom. The van der Waals surface area contributed by atoms with Gasteiger partial charge < -0.3 is 14.7 Å². The lowest BCUT2D eigenvalue weighted by Crippen LogP contribution is -2.44. The van der Waals surface area contributed by atoms with E-state index in [1.165, 1.54) is 11.1 Å². The van der Waals surface area contributed by atoms with Gasteiger partial charge in [-0.2, -0.15) is 0 Å². The molecule has 3 aliphatic rings. The average Bonchev–Trinajstić information content (AvgIpc) is 3.11. The molecule has 2 N–H and O–H groups in total. The molecule has 1 saturated carbocycles. The zero-order valence-corrected chi connectivity index (χ0v) is 26.5. The number of hydrogen-bond donors (Lipinski definition) is 2. The minimum Gasteiger partial charge on any atom is -0.491 e. The van der Waals surface area contributed by atoms with Crippen LogP contribution in [0.3, 0.4) is 0 Å². The number of aliphatic hydroxyl groups excluding tert-OH is 1. The maximum absolute atomic E-state index is 13.3. The van der Waals surface area contributed by atoms with Gasteiger partial charge in [0.2, 0.25) is 10.0 Å². The Balaban J connectivity index is 1.55. The van der Waals surface area contributed by atoms with Crippen LogP contribution < -0.4 is 14.4 Å². The minimum absolute atomic E-state index is 0.0611. The summed E-state index contributed by atoms with van der Waals surface area (Å²) in [5.74, 6) is 0.103. The maximum Gasteiger partial charge on any atom is 0.264 e. The summed E-state index contributed by atoms with van der Waals surface area (Å²) in [6.45, 7) is 9.43. The summed E-state index contributed by atoms with van der Waals surface area (Å²) in [5, 5.41) is 11.1. The molecule has 1 aliphatic carbocycles. The number of aryl methyl sites for hydroxylation is 1. The molecule has 7 atom stereocenters. The van der Waals surface area contributed by atoms with Crippen molar-refractivity contribution < 1.29 is 23.1 Å². The number of carbonyl (C=O) groups excluding carboxylic acids is 1. The number of hydrogen-bond acceptors (Lipinski definition) is 6. The Hall–Kier alpha value is -2.55. The van der Waals surface area contributed by atoms with Gasteiger partial charge in [-0.05, 0) is 91.3 Å². The van der Waals surface area contributed by atoms with Gasteiger partial charge in [0.1, 0.15) is 5.75 Å². The molecule has 228 valence electrons. The van der Waals surface area contributed by atoms with Crippen LogP contribution in [0, 0.1) is 23.7 Å². The summed E-state index contributed by atoms with van der Waals surface area (Å²) >= 11 is 6.37. The van der Waals surface area contributed by atoms with Crippen LogP contribution in [0.15, 0.2) is 48.6 Å². The molecule has 0 spiro atoms. The van der Waals surface area contributed by atoms with Crippen molar-refractivity contribution in [3.05, 3.63) is 70.3 Å². The van der Waals surface area contributed by atoms with Crippen molar-refractivity contribution in [2.45, 2.75) is 70.7 Å². The molecule has 2 aliphatic heterocycles. The fourth-order valence-corrected chi connectivity index (χ4v) is 8.18. The average molecular weight is 615 g/mol. The quantitative estimate of drug-likeness (QED) is 0.415. The first-order chi connectivity index (χ1) is 20.0. The van der Waals surface area contributed by atoms with Crippen molar-refractivity contribution in [2.24, 2.45) is 23.7 Å². The van der Waals surface area contributed by atoms with Gasteiger partial charge in [-0.15, -0.1) is 0 Å². The van der Waals surface area contributed by atoms with E-state index < -0.39 is 27.3 Å². The molecule has 2 aromatic rings. The van der Waals surface area contributed by atoms with Gasteiger partial charge in [0.15, 0.2) is 0 Å². The van der Waals surface area contributed by atoms with Crippen LogP contribution in [-0.2, 0) is 16.4 Å². The van der Waals surface area contributed by atoms with Gasteiger partial charge in [0, 0.05) is 29.6 Å². The number of nitrogens with one attached hydrogen (secondary N) is 1. The predicted octanol–water partition coefficient (Wildman–Crippen LogP) is 5.95. The Kier molecular flexibility index (Phi) is 9.26. The van der Waals surface area contributed by atoms with Crippen LogP contribution in [-0.4, -0.2) is 50.5 Å². The van der Waals surface area contributed by atoms with Crippen LogP contribution in [0.1, 0.15) is 74.4 Å². The number of halogens is 1. The van der Waals surface area contributed by atoms with Gasteiger partial charge in [0.05, 0.1) is 23.6 Å². The molecule has 7 nitrogen and oxygen atoms in total. The standard InChI is InChI=1S/C33H43ClN2O5S/c1-5-6-23-15-27(34)10-12-28(23)26-18-36-17-25-8-11-29(25)31(37)13-7-20(2)21(3)22(4)42(39,40)35-33(38)24-9-14-32(41-19-26)30(36)16-24/h7,9-10,12-16,20-22,25-26,29,31,37H,5-6,8,11,17-19H2,1-4H3,(H,35,38)/b13-7+/t20-,21+,22-,25+,26+,29-,31-/m1/s1. The van der Waals surface area contributed by atoms with Crippen molar-refractivity contribution in [3.63, 3.8) is 0 Å². The van der Waals surface area contributed by atoms with E-state index in [1.54, 1.807) is 25.1 Å². The first-order valence-corrected chi connectivity index (χ1v) is 17.1. The summed E-state index contributed by atoms with van der Waals surface area (Å²) in [6.07, 6.45) is 7.02. The molecule has 42 heavy (non-hydrogen) atoms. The molecule has 0 aromatic heterocycles. The number of benzene rings is 2. The number of ether oxygens (including phenoxy) is 1. The molecule has 9 heteroatoms. The SMILES string of the molecule is CCCc1cc(Cl)ccc1[C@@H]1COc2ccc3cc2N(C1)C[C@@H]1CC[C@H]1[C@H](O)/C=C/[C@@H](C)[C@H](C)[C@@H](C)S(=O)(=O)NC3=O. The molecular weight excluding hydrogens is 572 g/mol. The van der Waals surface area contributed by atoms with Crippen molar-refractivity contribution >= 4 is 33.2 Å². The maximum atomic E-state index is 13.3. The minimum atomic E-state index is -3.94. The van der Waals surface area contributed by atoms with Crippen molar-refractivity contribution in [3.8, 4) is 5.75 Å². The summed E-state index contributed by atoms with van der Waals surface area (Å²) < 4.78 is 35.2. The Bertz CT molecular complexity index is 1440. The van der Waals surface area contributed by atoms with E-state index in [0.29, 0.717) is 30.5 Å². The number of carbonyl (C=O) groups is 1. The first kappa shape index (κ1) is 30.9. The zero-order valence-electron chi connectivity index (χ0n) is 24.9. The van der Waals surface area contributed by atoms with Crippen LogP contribution >= 0.6 is 11.6 Å². The normalized spacial score (nSPS) is 32.0. The highest BCUT2D eigenvalue weighted by atomic mass is 35.5. The monoisotopic (exact) mass is 614 g/mol. The van der Waals surface area contributed by atoms with Crippen molar-refractivity contribution in [1.29, 1.82) is 0 Å². The third-order valence-electron chi connectivity index (χ3n) is 9.78. The van der Waals surface area contributed by atoms with E-state index in [2.05, 4.69) is 22.6 Å². The number of nitrogens with zero attached hydrogens (tertiary/aromatic N) is 1. The second kappa shape index (κ2) is 12.6. The van der Waals surface area contributed by atoms with E-state index in [4.69, 9.17) is 16.3 Å². The molecular formula is C33H43ClN2O5S. The number of fused-ring (bicyclic) bond motifs is 2. The molecule has 2 heterocycles. The number of allylic oxidation sites excluding steroid dienone is 1. The Morgan fingerprint density at radius 3 is 2.57 bits per heavy atom. The molecule has 2 aromatic carbocycles. The number of rotatable bonds is 3.